The van der Waals surface area contributed by atoms with Crippen LogP contribution in [0.4, 0.5) is 30.7 Å². The van der Waals surface area contributed by atoms with Gasteiger partial charge in [-0.3, -0.25) is 86.6 Å². The molecule has 149 heavy (non-hydrogen) atoms. The topological polar surface area (TPSA) is 575 Å². The van der Waals surface area contributed by atoms with E-state index in [-0.39, 0.29) is 108 Å². The molecule has 6 aromatic rings. The number of ketones is 1. The molecular weight excluding hydrogens is 2100 g/mol. The van der Waals surface area contributed by atoms with Crippen molar-refractivity contribution in [2.75, 3.05) is 72.9 Å². The number of aliphatic hydroxyl groups is 1. The predicted molar refractivity (Wildman–Crippen MR) is 507 cm³/mol. The molecule has 5 N–H and O–H groups in total. The molecule has 62 heteroatoms. The summed E-state index contributed by atoms with van der Waals surface area (Å²) in [4.78, 5) is 72.8. The van der Waals surface area contributed by atoms with Crippen LogP contribution >= 0.6 is 39.1 Å². The number of fused-ring (bicyclic) bond motifs is 8. The number of carbonyl (C=O) groups is 2. The minimum Gasteiger partial charge on any atom is -0.476 e. The monoisotopic (exact) mass is 2220 g/mol. The fourth-order valence-electron chi connectivity index (χ4n) is 17.3. The Morgan fingerprint density at radius 3 is 1.20 bits per heavy atom. The number of rotatable bonds is 26. The molecule has 12 aliphatic heterocycles. The lowest BCUT2D eigenvalue weighted by Crippen LogP contribution is -2.52. The molecule has 828 valence electrons. The van der Waals surface area contributed by atoms with Gasteiger partial charge in [0.1, 0.15) is 95.4 Å². The first-order chi connectivity index (χ1) is 69.4. The van der Waals surface area contributed by atoms with Crippen molar-refractivity contribution in [1.82, 2.24) is 68.4 Å². The number of halogens is 7. The van der Waals surface area contributed by atoms with E-state index in [0.29, 0.717) is 55.7 Å². The van der Waals surface area contributed by atoms with Crippen LogP contribution in [0.2, 0.25) is 0 Å². The lowest BCUT2D eigenvalue weighted by atomic mass is 9.89. The van der Waals surface area contributed by atoms with Crippen LogP contribution in [0.5, 0.6) is 17.6 Å². The van der Waals surface area contributed by atoms with Gasteiger partial charge in [-0.1, -0.05) is 47.8 Å². The maximum absolute atomic E-state index is 15.9. The van der Waals surface area contributed by atoms with Crippen molar-refractivity contribution in [2.45, 2.75) is 304 Å². The molecule has 18 rings (SSSR count). The summed E-state index contributed by atoms with van der Waals surface area (Å²) in [6.07, 6.45) is -8.23. The zero-order valence-electron chi connectivity index (χ0n) is 85.7. The second-order valence-corrected chi connectivity index (χ2v) is 46.9. The second-order valence-electron chi connectivity index (χ2n) is 38.9. The number of hydrogen-bond donors (Lipinski definition) is 3. The summed E-state index contributed by atoms with van der Waals surface area (Å²) in [5, 5.41) is 11.2. The van der Waals surface area contributed by atoms with Gasteiger partial charge in [0.25, 0.3) is 17.6 Å². The van der Waals surface area contributed by atoms with E-state index in [9.17, 15) is 37.5 Å². The van der Waals surface area contributed by atoms with Crippen LogP contribution in [0.3, 0.4) is 0 Å². The number of phosphoric ester groups is 5. The fraction of sp³-hybridized carbons (Fsp3) is 0.690. The molecule has 0 aromatic carbocycles. The van der Waals surface area contributed by atoms with Crippen molar-refractivity contribution < 1.29 is 179 Å². The molecular formula is C87H124F7N18O32P5. The molecule has 10 saturated heterocycles. The zero-order chi connectivity index (χ0) is 109. The molecule has 0 bridgehead atoms. The molecule has 50 nitrogen and oxygen atoms in total. The lowest BCUT2D eigenvalue weighted by molar-refractivity contribution is -0.220. The maximum atomic E-state index is 15.9. The second kappa shape index (κ2) is 43.3. The van der Waals surface area contributed by atoms with Crippen LogP contribution in [-0.2, 0) is 129 Å². The summed E-state index contributed by atoms with van der Waals surface area (Å²) in [6.45, 7) is 40.7. The highest BCUT2D eigenvalue weighted by molar-refractivity contribution is 7.49. The minimum atomic E-state index is -4.18. The van der Waals surface area contributed by atoms with Crippen LogP contribution in [0.1, 0.15) is 187 Å². The fourth-order valence-corrected chi connectivity index (χ4v) is 24.9. The summed E-state index contributed by atoms with van der Waals surface area (Å²) in [6, 6.07) is 0. The maximum Gasteiger partial charge on any atom is 0.478 e. The van der Waals surface area contributed by atoms with E-state index in [0.717, 1.165) is 13.8 Å². The Morgan fingerprint density at radius 2 is 0.839 bits per heavy atom. The van der Waals surface area contributed by atoms with Crippen LogP contribution in [-0.4, -0.2) is 283 Å². The van der Waals surface area contributed by atoms with E-state index in [1.165, 1.54) is 74.0 Å². The van der Waals surface area contributed by atoms with Crippen molar-refractivity contribution >= 4 is 96.0 Å². The summed E-state index contributed by atoms with van der Waals surface area (Å²) in [7, 11) is -20.6. The van der Waals surface area contributed by atoms with Gasteiger partial charge in [-0.15, -0.1) is 0 Å². The predicted octanol–water partition coefficient (Wildman–Crippen LogP) is 14.5. The lowest BCUT2D eigenvalue weighted by Gasteiger charge is -2.39. The molecule has 10 fully saturated rings. The number of esters is 1. The number of phosphoric acid groups is 5. The molecule has 6 aromatic heterocycles. The number of alkyl halides is 7. The van der Waals surface area contributed by atoms with Crippen molar-refractivity contribution in [3.05, 3.63) is 85.8 Å². The summed E-state index contributed by atoms with van der Waals surface area (Å²) in [5.74, 6) is -5.85. The van der Waals surface area contributed by atoms with Crippen molar-refractivity contribution in [3.63, 3.8) is 0 Å². The van der Waals surface area contributed by atoms with Gasteiger partial charge < -0.3 is 69.0 Å². The van der Waals surface area contributed by atoms with E-state index < -0.39 is 214 Å². The number of hydrogen-bond acceptors (Lipinski definition) is 47. The van der Waals surface area contributed by atoms with Gasteiger partial charge in [0.15, 0.2) is 107 Å². The zero-order valence-corrected chi connectivity index (χ0v) is 90.2. The third-order valence-corrected chi connectivity index (χ3v) is 32.0. The Labute approximate surface area is 851 Å². The number of aliphatic imine (C=N–C) groups is 2. The van der Waals surface area contributed by atoms with Crippen molar-refractivity contribution in [2.24, 2.45) is 32.3 Å². The number of carbonyl (C=O) groups excluding carboxylic acids is 2. The molecule has 0 aliphatic carbocycles. The number of imidazole rings is 3. The Balaban J connectivity index is 0.000000147. The average Bonchev–Trinajstić information content (AvgIpc) is 1.56. The van der Waals surface area contributed by atoms with E-state index >= 15 is 30.7 Å². The quantitative estimate of drug-likeness (QED) is 0.0196. The van der Waals surface area contributed by atoms with E-state index in [4.69, 9.17) is 122 Å². The first kappa shape index (κ1) is 116. The Morgan fingerprint density at radius 1 is 0.490 bits per heavy atom. The van der Waals surface area contributed by atoms with Gasteiger partial charge in [0, 0.05) is 24.2 Å². The van der Waals surface area contributed by atoms with Crippen LogP contribution in [0, 0.1) is 31.6 Å². The van der Waals surface area contributed by atoms with Crippen LogP contribution < -0.4 is 25.7 Å². The van der Waals surface area contributed by atoms with Gasteiger partial charge in [-0.05, 0) is 143 Å². The number of nitrogens with two attached hydrogens (primary N) is 2. The largest absolute Gasteiger partial charge is 0.478 e. The first-order valence-electron chi connectivity index (χ1n) is 47.4. The van der Waals surface area contributed by atoms with E-state index in [2.05, 4.69) is 68.0 Å². The first-order valence-corrected chi connectivity index (χ1v) is 54.7. The number of nitrogens with zero attached hydrogens (tertiary/aromatic N) is 16. The molecule has 12 aliphatic rings. The molecule has 0 saturated carbocycles. The highest BCUT2D eigenvalue weighted by Gasteiger charge is 2.74. The summed E-state index contributed by atoms with van der Waals surface area (Å²) >= 11 is 0. The number of amidine groups is 2. The van der Waals surface area contributed by atoms with Crippen LogP contribution in [0.15, 0.2) is 78.3 Å². The van der Waals surface area contributed by atoms with Crippen molar-refractivity contribution in [1.29, 1.82) is 0 Å². The molecule has 25 atom stereocenters. The Bertz CT molecular complexity index is 6100. The average molecular weight is 2220 g/mol. The van der Waals surface area contributed by atoms with E-state index in [1.54, 1.807) is 132 Å². The number of aromatic nitrogens is 12. The smallest absolute Gasteiger partial charge is 0.476 e. The Hall–Kier alpha value is -8.49. The molecule has 9 unspecified atom stereocenters. The highest BCUT2D eigenvalue weighted by Crippen LogP contribution is 2.69. The van der Waals surface area contributed by atoms with Gasteiger partial charge in [0.05, 0.1) is 82.9 Å². The van der Waals surface area contributed by atoms with Gasteiger partial charge >= 0.3 is 45.1 Å². The number of Topliss-reactive ketones (excluding diaryl/α,β-unsaturated/α-hetero) is 1. The molecule has 18 heterocycles. The molecule has 0 spiro atoms. The number of ether oxygens (including phenoxy) is 9. The third kappa shape index (κ3) is 23.6. The van der Waals surface area contributed by atoms with Crippen molar-refractivity contribution in [3.8, 4) is 17.6 Å². The number of aryl methyl sites for hydroxylation is 3. The summed E-state index contributed by atoms with van der Waals surface area (Å²) < 4.78 is 304. The highest BCUT2D eigenvalue weighted by atomic mass is 31.2. The molecule has 0 amide bonds. The SMILES string of the molecule is C=C1N=C(N)C=CN1[C@@H]1O[C@]2(CC)COP(=O)(OCCC(=O)C(C)(C)C)OC2[C@H]1F.C=C1N=C(N)C=CN1[C@@H]1O[C@]2(CC)COP(=O)(OCOC(=O)C(C)(C)C)OC2[C@H]1F.CCOc1nc(C)nc2c1ncn2[C@@H]1O[C@]2(F)COP(=O)(OC(C)C)OC2[C@@]1(C)F.CCOc1nc(C)nc2c1ncn2[C@@H]1O[C@]2(F)COP(=O)(OC(C)C)OC2[C@@]1(C)O.CCOc1nc(C)nc2c1ncn2[C@@H]1O[C@]2(F)COP(=O)(OCC)O[C@H]2[C@@]1(C)F. The minimum absolute atomic E-state index is 0.0148. The summed E-state index contributed by atoms with van der Waals surface area (Å²) in [5.41, 5.74) is 2.28. The van der Waals surface area contributed by atoms with Gasteiger partial charge in [-0.25, -0.2) is 98.0 Å². The normalized spacial score (nSPS) is 36.6. The molecule has 0 radical (unpaired) electrons. The Kier molecular flexibility index (Phi) is 33.8. The third-order valence-electron chi connectivity index (χ3n) is 24.5. The van der Waals surface area contributed by atoms with Gasteiger partial charge in [-0.2, -0.15) is 15.0 Å². The standard InChI is InChI=1S/C19H29FN3O6P.C18H27FN3O7P.C17H23F2N4O6P.C17H24FN4O7P.C16H21F2N4O6P/c1-6-19-11-27-30(25,26-10-8-13(24)18(3,4)5)29-16(19)15(20)17(28-19)23-9-7-14(21)22-12(23)2;1-6-18-9-26-30(24,27-10-25-16(23)17(3,4)5)29-14(18)13(19)15(28-18)22-8-7-12(20)21-11(22)2;1-6-25-13-11-12(21-10(4)22-13)23(8-20-11)15-16(5,18)14-17(19,27-15)7-26-30(24,29-14)28-9(2)3;1-6-25-13-11-12(20-10(4)21-13)22(8-19-11)15-16(5,23)14-17(18,27-15)7-26-30(24,29-14)28-9(2)3;1-5-24-12-10-11(20-9(3)21-12)22(8-19-10)14-15(4,17)13-16(18,27-14)7-26-29(23,28-13)25-6-2/h7,9,15-17H,2,6,8,10-11H2,1,3-5H3,(H2,21,22);7-8,13-15H,2,6,9-10H2,1,3-5H3,(H2,20,21);8-9,14-15H,6-7H2,1-5H3;8-9,14-15,23H,6-7H2,1-5H3;8,13-14H,5-7H2,1-4H3/t15-,16?,17-,19-,30?;13-,14?,15-,18-,30?;2*14?,15-,16-,17-,30?;13-,14+,15+,16+,29?/m11110/s1. The van der Waals surface area contributed by atoms with Gasteiger partial charge in [0.2, 0.25) is 24.4 Å². The van der Waals surface area contributed by atoms with E-state index in [1.807, 2.05) is 0 Å². The van der Waals surface area contributed by atoms with Crippen LogP contribution in [0.25, 0.3) is 33.5 Å².